The molecular formula is C16H25ClN4O2. The molecule has 1 heterocycles. The van der Waals surface area contributed by atoms with Crippen LogP contribution in [0.2, 0.25) is 0 Å². The van der Waals surface area contributed by atoms with Crippen molar-refractivity contribution in [1.29, 1.82) is 0 Å². The number of carbonyl (C=O) groups is 2. The van der Waals surface area contributed by atoms with Crippen molar-refractivity contribution < 1.29 is 9.59 Å². The second kappa shape index (κ2) is 10.2. The van der Waals surface area contributed by atoms with Crippen LogP contribution in [0.25, 0.3) is 0 Å². The van der Waals surface area contributed by atoms with E-state index in [2.05, 4.69) is 22.3 Å². The predicted molar refractivity (Wildman–Crippen MR) is 92.2 cm³/mol. The van der Waals surface area contributed by atoms with E-state index in [0.717, 1.165) is 19.6 Å². The first-order valence-electron chi connectivity index (χ1n) is 7.70. The van der Waals surface area contributed by atoms with Crippen molar-refractivity contribution >= 4 is 24.2 Å². The minimum Gasteiger partial charge on any atom is -0.347 e. The second-order valence-electron chi connectivity index (χ2n) is 5.46. The smallest absolute Gasteiger partial charge is 0.242 e. The lowest BCUT2D eigenvalue weighted by Gasteiger charge is -2.34. The van der Waals surface area contributed by atoms with Crippen LogP contribution >= 0.6 is 12.4 Å². The topological polar surface area (TPSA) is 78.7 Å². The van der Waals surface area contributed by atoms with Crippen molar-refractivity contribution in [2.45, 2.75) is 13.0 Å². The summed E-state index contributed by atoms with van der Waals surface area (Å²) in [5.74, 6) is -0.191. The number of nitrogens with two attached hydrogens (primary N) is 1. The average molecular weight is 341 g/mol. The summed E-state index contributed by atoms with van der Waals surface area (Å²) in [7, 11) is 0. The maximum atomic E-state index is 12.0. The Labute approximate surface area is 143 Å². The van der Waals surface area contributed by atoms with Gasteiger partial charge in [0.05, 0.1) is 6.54 Å². The normalized spacial score (nSPS) is 14.9. The largest absolute Gasteiger partial charge is 0.347 e. The van der Waals surface area contributed by atoms with E-state index in [1.165, 1.54) is 5.56 Å². The molecule has 0 bridgehead atoms. The first kappa shape index (κ1) is 19.4. The van der Waals surface area contributed by atoms with Crippen LogP contribution in [0.4, 0.5) is 0 Å². The number of benzene rings is 1. The molecule has 6 nitrogen and oxygen atoms in total. The lowest BCUT2D eigenvalue weighted by molar-refractivity contribution is -0.134. The third-order valence-electron chi connectivity index (χ3n) is 3.78. The van der Waals surface area contributed by atoms with Crippen molar-refractivity contribution in [2.75, 3.05) is 39.3 Å². The zero-order valence-electron chi connectivity index (χ0n) is 13.2. The summed E-state index contributed by atoms with van der Waals surface area (Å²) >= 11 is 0. The highest BCUT2D eigenvalue weighted by molar-refractivity contribution is 5.85. The molecule has 0 aliphatic carbocycles. The van der Waals surface area contributed by atoms with Gasteiger partial charge in [0.15, 0.2) is 0 Å². The van der Waals surface area contributed by atoms with Gasteiger partial charge in [0.2, 0.25) is 11.8 Å². The van der Waals surface area contributed by atoms with Gasteiger partial charge in [0.25, 0.3) is 0 Å². The molecule has 1 aliphatic rings. The lowest BCUT2D eigenvalue weighted by Crippen LogP contribution is -2.50. The van der Waals surface area contributed by atoms with Gasteiger partial charge in [-0.05, 0) is 5.56 Å². The van der Waals surface area contributed by atoms with Crippen LogP contribution in [0.3, 0.4) is 0 Å². The summed E-state index contributed by atoms with van der Waals surface area (Å²) in [6.07, 6.45) is 0.262. The van der Waals surface area contributed by atoms with Crippen LogP contribution in [0.1, 0.15) is 12.0 Å². The molecule has 0 unspecified atom stereocenters. The third-order valence-corrected chi connectivity index (χ3v) is 3.78. The molecule has 1 fully saturated rings. The van der Waals surface area contributed by atoms with Crippen LogP contribution in [-0.4, -0.2) is 60.9 Å². The Balaban J connectivity index is 0.00000264. The predicted octanol–water partition coefficient (Wildman–Crippen LogP) is 0.218. The molecule has 1 aliphatic heterocycles. The Kier molecular flexibility index (Phi) is 8.61. The van der Waals surface area contributed by atoms with Crippen LogP contribution in [0.15, 0.2) is 30.3 Å². The minimum atomic E-state index is -0.168. The standard InChI is InChI=1S/C16H24N4O2.ClH/c17-7-6-15(21)18-12-16(22)20-10-8-19(9-11-20)13-14-4-2-1-3-5-14;/h1-5H,6-13,17H2,(H,18,21);1H. The van der Waals surface area contributed by atoms with Crippen LogP contribution < -0.4 is 11.1 Å². The molecule has 0 saturated carbocycles. The molecule has 0 spiro atoms. The number of amides is 2. The Morgan fingerprint density at radius 2 is 1.74 bits per heavy atom. The maximum absolute atomic E-state index is 12.0. The zero-order chi connectivity index (χ0) is 15.8. The molecule has 1 aromatic rings. The van der Waals surface area contributed by atoms with Gasteiger partial charge >= 0.3 is 0 Å². The number of hydrogen-bond donors (Lipinski definition) is 2. The molecule has 1 aromatic carbocycles. The third kappa shape index (κ3) is 6.56. The molecule has 0 radical (unpaired) electrons. The Hall–Kier alpha value is -1.63. The average Bonchev–Trinajstić information content (AvgIpc) is 2.54. The van der Waals surface area contributed by atoms with E-state index in [1.54, 1.807) is 0 Å². The minimum absolute atomic E-state index is 0. The molecule has 2 rings (SSSR count). The number of carbonyl (C=O) groups excluding carboxylic acids is 2. The first-order chi connectivity index (χ1) is 10.7. The van der Waals surface area contributed by atoms with Crippen molar-refractivity contribution in [3.8, 4) is 0 Å². The van der Waals surface area contributed by atoms with Crippen molar-refractivity contribution in [2.24, 2.45) is 5.73 Å². The highest BCUT2D eigenvalue weighted by atomic mass is 35.5. The van der Waals surface area contributed by atoms with Crippen LogP contribution in [0.5, 0.6) is 0 Å². The monoisotopic (exact) mass is 340 g/mol. The van der Waals surface area contributed by atoms with Gasteiger partial charge in [0.1, 0.15) is 0 Å². The molecule has 2 amide bonds. The summed E-state index contributed by atoms with van der Waals surface area (Å²) in [5.41, 5.74) is 6.58. The zero-order valence-corrected chi connectivity index (χ0v) is 14.1. The summed E-state index contributed by atoms with van der Waals surface area (Å²) in [5, 5.41) is 2.61. The quantitative estimate of drug-likeness (QED) is 0.776. The molecule has 3 N–H and O–H groups in total. The SMILES string of the molecule is Cl.NCCC(=O)NCC(=O)N1CCN(Cc2ccccc2)CC1. The first-order valence-corrected chi connectivity index (χ1v) is 7.70. The fourth-order valence-electron chi connectivity index (χ4n) is 2.50. The molecule has 23 heavy (non-hydrogen) atoms. The highest BCUT2D eigenvalue weighted by Gasteiger charge is 2.21. The number of nitrogens with zero attached hydrogens (tertiary/aromatic N) is 2. The van der Waals surface area contributed by atoms with E-state index in [0.29, 0.717) is 19.6 Å². The Morgan fingerprint density at radius 1 is 1.09 bits per heavy atom. The van der Waals surface area contributed by atoms with Crippen molar-refractivity contribution in [1.82, 2.24) is 15.1 Å². The molecule has 0 atom stereocenters. The summed E-state index contributed by atoms with van der Waals surface area (Å²) in [4.78, 5) is 27.5. The van der Waals surface area contributed by atoms with Crippen LogP contribution in [0, 0.1) is 0 Å². The van der Waals surface area contributed by atoms with E-state index in [-0.39, 0.29) is 37.2 Å². The number of hydrogen-bond acceptors (Lipinski definition) is 4. The van der Waals surface area contributed by atoms with Gasteiger partial charge in [-0.3, -0.25) is 14.5 Å². The van der Waals surface area contributed by atoms with Crippen molar-refractivity contribution in [3.63, 3.8) is 0 Å². The lowest BCUT2D eigenvalue weighted by atomic mass is 10.2. The van der Waals surface area contributed by atoms with Crippen LogP contribution in [-0.2, 0) is 16.1 Å². The fourth-order valence-corrected chi connectivity index (χ4v) is 2.50. The maximum Gasteiger partial charge on any atom is 0.242 e. The number of piperazine rings is 1. The fraction of sp³-hybridized carbons (Fsp3) is 0.500. The van der Waals surface area contributed by atoms with E-state index in [4.69, 9.17) is 5.73 Å². The number of nitrogens with one attached hydrogen (secondary N) is 1. The van der Waals surface area contributed by atoms with E-state index in [1.807, 2.05) is 23.1 Å². The van der Waals surface area contributed by atoms with Gasteiger partial charge in [-0.15, -0.1) is 12.4 Å². The van der Waals surface area contributed by atoms with Gasteiger partial charge in [0, 0.05) is 45.7 Å². The van der Waals surface area contributed by atoms with Gasteiger partial charge in [-0.2, -0.15) is 0 Å². The van der Waals surface area contributed by atoms with Crippen molar-refractivity contribution in [3.05, 3.63) is 35.9 Å². The van der Waals surface area contributed by atoms with E-state index < -0.39 is 0 Å². The summed E-state index contributed by atoms with van der Waals surface area (Å²) in [6, 6.07) is 10.3. The van der Waals surface area contributed by atoms with E-state index >= 15 is 0 Å². The highest BCUT2D eigenvalue weighted by Crippen LogP contribution is 2.08. The van der Waals surface area contributed by atoms with E-state index in [9.17, 15) is 9.59 Å². The molecule has 0 aromatic heterocycles. The second-order valence-corrected chi connectivity index (χ2v) is 5.46. The molecular weight excluding hydrogens is 316 g/mol. The van der Waals surface area contributed by atoms with Gasteiger partial charge in [-0.1, -0.05) is 30.3 Å². The Morgan fingerprint density at radius 3 is 2.35 bits per heavy atom. The molecule has 1 saturated heterocycles. The summed E-state index contributed by atoms with van der Waals surface area (Å²) < 4.78 is 0. The molecule has 128 valence electrons. The Bertz CT molecular complexity index is 490. The van der Waals surface area contributed by atoms with Gasteiger partial charge < -0.3 is 16.0 Å². The number of halogens is 1. The number of rotatable bonds is 6. The summed E-state index contributed by atoms with van der Waals surface area (Å²) in [6.45, 7) is 4.41. The van der Waals surface area contributed by atoms with Gasteiger partial charge in [-0.25, -0.2) is 0 Å². The molecule has 7 heteroatoms.